The van der Waals surface area contributed by atoms with Crippen LogP contribution in [0.1, 0.15) is 23.7 Å². The van der Waals surface area contributed by atoms with Crippen LogP contribution >= 0.6 is 12.2 Å². The Hall–Kier alpha value is -1.42. The molecule has 0 saturated heterocycles. The molecule has 4 heteroatoms. The first-order valence-electron chi connectivity index (χ1n) is 4.38. The molecule has 14 heavy (non-hydrogen) atoms. The highest BCUT2D eigenvalue weighted by Gasteiger charge is 2.02. The molecule has 0 aliphatic rings. The molecule has 2 N–H and O–H groups in total. The van der Waals surface area contributed by atoms with E-state index in [0.717, 1.165) is 0 Å². The van der Waals surface area contributed by atoms with Gasteiger partial charge in [-0.15, -0.1) is 0 Å². The molecule has 0 aliphatic heterocycles. The van der Waals surface area contributed by atoms with E-state index in [2.05, 4.69) is 10.9 Å². The van der Waals surface area contributed by atoms with Crippen molar-refractivity contribution in [2.45, 2.75) is 13.3 Å². The molecule has 1 aromatic carbocycles. The van der Waals surface area contributed by atoms with Crippen LogP contribution in [0.25, 0.3) is 0 Å². The van der Waals surface area contributed by atoms with Gasteiger partial charge < -0.3 is 0 Å². The van der Waals surface area contributed by atoms with Crippen molar-refractivity contribution in [2.75, 3.05) is 0 Å². The lowest BCUT2D eigenvalue weighted by molar-refractivity contribution is 0.0944. The summed E-state index contributed by atoms with van der Waals surface area (Å²) in [5, 5.41) is 0. The van der Waals surface area contributed by atoms with E-state index >= 15 is 0 Å². The molecule has 0 aliphatic carbocycles. The summed E-state index contributed by atoms with van der Waals surface area (Å²) in [5.74, 6) is -0.179. The Morgan fingerprint density at radius 2 is 1.93 bits per heavy atom. The molecule has 0 radical (unpaired) electrons. The zero-order valence-electron chi connectivity index (χ0n) is 7.91. The lowest BCUT2D eigenvalue weighted by Gasteiger charge is -2.07. The van der Waals surface area contributed by atoms with Crippen LogP contribution in [0.2, 0.25) is 0 Å². The third kappa shape index (κ3) is 3.14. The minimum atomic E-state index is -0.179. The van der Waals surface area contributed by atoms with Crippen molar-refractivity contribution in [3.8, 4) is 0 Å². The van der Waals surface area contributed by atoms with E-state index in [1.807, 2.05) is 25.1 Å². The highest BCUT2D eigenvalue weighted by atomic mass is 32.1. The van der Waals surface area contributed by atoms with E-state index in [0.29, 0.717) is 17.0 Å². The molecule has 3 nitrogen and oxygen atoms in total. The average Bonchev–Trinajstić information content (AvgIpc) is 2.26. The first kappa shape index (κ1) is 10.7. The predicted octanol–water partition coefficient (Wildman–Crippen LogP) is 1.66. The largest absolute Gasteiger partial charge is 0.292 e. The van der Waals surface area contributed by atoms with Crippen molar-refractivity contribution < 1.29 is 4.79 Å². The molecule has 1 rings (SSSR count). The van der Waals surface area contributed by atoms with Crippen LogP contribution in [-0.2, 0) is 0 Å². The Bertz CT molecular complexity index is 324. The van der Waals surface area contributed by atoms with Crippen LogP contribution in [0.3, 0.4) is 0 Å². The van der Waals surface area contributed by atoms with Gasteiger partial charge in [0.05, 0.1) is 4.99 Å². The lowest BCUT2D eigenvalue weighted by Crippen LogP contribution is -2.40. The van der Waals surface area contributed by atoms with Crippen LogP contribution in [-0.4, -0.2) is 10.9 Å². The molecule has 1 aromatic rings. The van der Waals surface area contributed by atoms with Gasteiger partial charge in [0.2, 0.25) is 0 Å². The molecule has 74 valence electrons. The summed E-state index contributed by atoms with van der Waals surface area (Å²) in [6, 6.07) is 8.97. The number of carbonyl (C=O) groups is 1. The first-order valence-corrected chi connectivity index (χ1v) is 4.79. The third-order valence-corrected chi connectivity index (χ3v) is 2.06. The number of carbonyl (C=O) groups excluding carboxylic acids is 1. The van der Waals surface area contributed by atoms with Crippen molar-refractivity contribution in [3.05, 3.63) is 35.9 Å². The number of nitrogens with one attached hydrogen (secondary N) is 2. The van der Waals surface area contributed by atoms with Gasteiger partial charge in [0.15, 0.2) is 0 Å². The first-order chi connectivity index (χ1) is 6.74. The number of amides is 1. The molecule has 1 amide bonds. The van der Waals surface area contributed by atoms with E-state index in [4.69, 9.17) is 12.2 Å². The fourth-order valence-corrected chi connectivity index (χ4v) is 0.928. The summed E-state index contributed by atoms with van der Waals surface area (Å²) in [6.07, 6.45) is 0.713. The standard InChI is InChI=1S/C10H12N2OS/c1-2-9(14)11-12-10(13)8-6-4-3-5-7-8/h3-7H,2H2,1H3,(H,11,14)(H,12,13). The summed E-state index contributed by atoms with van der Waals surface area (Å²) in [5.41, 5.74) is 5.79. The maximum atomic E-state index is 11.4. The van der Waals surface area contributed by atoms with Gasteiger partial charge in [-0.2, -0.15) is 0 Å². The molecule has 0 unspecified atom stereocenters. The quantitative estimate of drug-likeness (QED) is 0.573. The summed E-state index contributed by atoms with van der Waals surface area (Å²) in [4.78, 5) is 12.1. The molecule has 0 aromatic heterocycles. The Kier molecular flexibility index (Phi) is 4.07. The van der Waals surface area contributed by atoms with E-state index in [1.165, 1.54) is 0 Å². The van der Waals surface area contributed by atoms with Crippen LogP contribution in [0.5, 0.6) is 0 Å². The fraction of sp³-hybridized carbons (Fsp3) is 0.200. The maximum Gasteiger partial charge on any atom is 0.269 e. The van der Waals surface area contributed by atoms with Crippen LogP contribution in [0, 0.1) is 0 Å². The summed E-state index contributed by atoms with van der Waals surface area (Å²) < 4.78 is 0. The summed E-state index contributed by atoms with van der Waals surface area (Å²) >= 11 is 4.90. The lowest BCUT2D eigenvalue weighted by atomic mass is 10.2. The predicted molar refractivity (Wildman–Crippen MR) is 59.9 cm³/mol. The molecule has 0 spiro atoms. The topological polar surface area (TPSA) is 41.1 Å². The summed E-state index contributed by atoms with van der Waals surface area (Å²) in [6.45, 7) is 1.92. The Balaban J connectivity index is 2.48. The number of hydrogen-bond donors (Lipinski definition) is 2. The van der Waals surface area contributed by atoms with Crippen molar-refractivity contribution in [2.24, 2.45) is 0 Å². The number of hydrogen-bond acceptors (Lipinski definition) is 2. The van der Waals surface area contributed by atoms with Gasteiger partial charge in [0.25, 0.3) is 5.91 Å². The zero-order chi connectivity index (χ0) is 10.4. The highest BCUT2D eigenvalue weighted by molar-refractivity contribution is 7.80. The second-order valence-electron chi connectivity index (χ2n) is 2.72. The molecule has 0 fully saturated rings. The fourth-order valence-electron chi connectivity index (χ4n) is 0.877. The number of thiocarbonyl (C=S) groups is 1. The van der Waals surface area contributed by atoms with Crippen LogP contribution < -0.4 is 10.9 Å². The molecular weight excluding hydrogens is 196 g/mol. The Morgan fingerprint density at radius 1 is 1.29 bits per heavy atom. The van der Waals surface area contributed by atoms with E-state index in [1.54, 1.807) is 12.1 Å². The highest BCUT2D eigenvalue weighted by Crippen LogP contribution is 1.96. The van der Waals surface area contributed by atoms with Gasteiger partial charge in [-0.1, -0.05) is 37.3 Å². The number of hydrazine groups is 1. The van der Waals surface area contributed by atoms with E-state index in [-0.39, 0.29) is 5.91 Å². The number of benzene rings is 1. The number of rotatable bonds is 2. The summed E-state index contributed by atoms with van der Waals surface area (Å²) in [7, 11) is 0. The van der Waals surface area contributed by atoms with Crippen molar-refractivity contribution >= 4 is 23.1 Å². The Morgan fingerprint density at radius 3 is 2.50 bits per heavy atom. The van der Waals surface area contributed by atoms with E-state index in [9.17, 15) is 4.79 Å². The van der Waals surface area contributed by atoms with Crippen LogP contribution in [0.4, 0.5) is 0 Å². The minimum absolute atomic E-state index is 0.179. The monoisotopic (exact) mass is 208 g/mol. The van der Waals surface area contributed by atoms with Crippen molar-refractivity contribution in [1.29, 1.82) is 0 Å². The molecule has 0 saturated carbocycles. The molecule has 0 bridgehead atoms. The second-order valence-corrected chi connectivity index (χ2v) is 3.21. The average molecular weight is 208 g/mol. The van der Waals surface area contributed by atoms with Gasteiger partial charge in [0, 0.05) is 5.56 Å². The van der Waals surface area contributed by atoms with Gasteiger partial charge in [-0.3, -0.25) is 15.6 Å². The van der Waals surface area contributed by atoms with Gasteiger partial charge in [-0.25, -0.2) is 0 Å². The van der Waals surface area contributed by atoms with Gasteiger partial charge in [-0.05, 0) is 18.6 Å². The third-order valence-electron chi connectivity index (χ3n) is 1.67. The maximum absolute atomic E-state index is 11.4. The van der Waals surface area contributed by atoms with Crippen molar-refractivity contribution in [3.63, 3.8) is 0 Å². The van der Waals surface area contributed by atoms with Crippen LogP contribution in [0.15, 0.2) is 30.3 Å². The Labute approximate surface area is 88.5 Å². The van der Waals surface area contributed by atoms with E-state index < -0.39 is 0 Å². The second kappa shape index (κ2) is 5.34. The SMILES string of the molecule is CCC(=S)NNC(=O)c1ccccc1. The zero-order valence-corrected chi connectivity index (χ0v) is 8.73. The van der Waals surface area contributed by atoms with Crippen molar-refractivity contribution in [1.82, 2.24) is 10.9 Å². The van der Waals surface area contributed by atoms with Gasteiger partial charge in [0.1, 0.15) is 0 Å². The molecule has 0 heterocycles. The minimum Gasteiger partial charge on any atom is -0.292 e. The normalized spacial score (nSPS) is 9.21. The van der Waals surface area contributed by atoms with Gasteiger partial charge >= 0.3 is 0 Å². The molecular formula is C10H12N2OS. The smallest absolute Gasteiger partial charge is 0.269 e. The molecule has 0 atom stereocenters.